The standard InChI is InChI=1S/C21H26N2O3S/c24-27(25,23-12-3-4-13-23)21-6-2-1-5-20(21)18-9-7-17(8-10-18)15-22-19-11-14-26-16-19/h1-2,5-10,19,22H,3-4,11-16H2. The molecule has 5 nitrogen and oxygen atoms in total. The molecular weight excluding hydrogens is 360 g/mol. The van der Waals surface area contributed by atoms with E-state index in [0.717, 1.165) is 50.1 Å². The van der Waals surface area contributed by atoms with Crippen LogP contribution in [0.5, 0.6) is 0 Å². The van der Waals surface area contributed by atoms with E-state index in [-0.39, 0.29) is 0 Å². The van der Waals surface area contributed by atoms with Crippen molar-refractivity contribution in [2.45, 2.75) is 36.7 Å². The minimum absolute atomic E-state index is 0.404. The molecule has 27 heavy (non-hydrogen) atoms. The van der Waals surface area contributed by atoms with Crippen molar-refractivity contribution in [3.63, 3.8) is 0 Å². The number of nitrogens with one attached hydrogen (secondary N) is 1. The summed E-state index contributed by atoms with van der Waals surface area (Å²) in [6, 6.07) is 15.9. The Morgan fingerprint density at radius 1 is 1.04 bits per heavy atom. The molecule has 2 aromatic rings. The summed E-state index contributed by atoms with van der Waals surface area (Å²) in [5.41, 5.74) is 2.89. The van der Waals surface area contributed by atoms with E-state index in [2.05, 4.69) is 17.4 Å². The zero-order chi connectivity index (χ0) is 18.7. The topological polar surface area (TPSA) is 58.6 Å². The SMILES string of the molecule is O=S(=O)(c1ccccc1-c1ccc(CNC2CCOC2)cc1)N1CCCC1. The van der Waals surface area contributed by atoms with Crippen LogP contribution in [0.4, 0.5) is 0 Å². The molecule has 0 amide bonds. The van der Waals surface area contributed by atoms with Crippen molar-refractivity contribution < 1.29 is 13.2 Å². The fraction of sp³-hybridized carbons (Fsp3) is 0.429. The van der Waals surface area contributed by atoms with E-state index in [1.54, 1.807) is 16.4 Å². The maximum Gasteiger partial charge on any atom is 0.243 e. The lowest BCUT2D eigenvalue weighted by atomic mass is 10.0. The van der Waals surface area contributed by atoms with Gasteiger partial charge in [-0.2, -0.15) is 4.31 Å². The molecule has 6 heteroatoms. The molecule has 0 radical (unpaired) electrons. The molecule has 1 unspecified atom stereocenters. The lowest BCUT2D eigenvalue weighted by Gasteiger charge is -2.18. The molecule has 1 N–H and O–H groups in total. The van der Waals surface area contributed by atoms with Crippen molar-refractivity contribution in [2.24, 2.45) is 0 Å². The molecule has 0 bridgehead atoms. The first-order chi connectivity index (χ1) is 13.1. The number of hydrogen-bond acceptors (Lipinski definition) is 4. The quantitative estimate of drug-likeness (QED) is 0.829. The Labute approximate surface area is 161 Å². The molecule has 144 valence electrons. The minimum Gasteiger partial charge on any atom is -0.380 e. The van der Waals surface area contributed by atoms with Gasteiger partial charge in [0.25, 0.3) is 0 Å². The summed E-state index contributed by atoms with van der Waals surface area (Å²) in [6.45, 7) is 3.64. The van der Waals surface area contributed by atoms with Crippen LogP contribution in [-0.4, -0.2) is 45.1 Å². The third-order valence-corrected chi connectivity index (χ3v) is 7.32. The first-order valence-corrected chi connectivity index (χ1v) is 11.1. The van der Waals surface area contributed by atoms with Crippen LogP contribution in [0.3, 0.4) is 0 Å². The first kappa shape index (κ1) is 18.6. The normalized spacial score (nSPS) is 21.0. The largest absolute Gasteiger partial charge is 0.380 e. The highest BCUT2D eigenvalue weighted by atomic mass is 32.2. The van der Waals surface area contributed by atoms with Gasteiger partial charge >= 0.3 is 0 Å². The third-order valence-electron chi connectivity index (χ3n) is 5.36. The summed E-state index contributed by atoms with van der Waals surface area (Å²) in [6.07, 6.45) is 2.93. The van der Waals surface area contributed by atoms with Crippen LogP contribution in [0.2, 0.25) is 0 Å². The van der Waals surface area contributed by atoms with Crippen molar-refractivity contribution in [3.8, 4) is 11.1 Å². The number of benzene rings is 2. The van der Waals surface area contributed by atoms with Crippen molar-refractivity contribution >= 4 is 10.0 Å². The summed E-state index contributed by atoms with van der Waals surface area (Å²) in [5.74, 6) is 0. The summed E-state index contributed by atoms with van der Waals surface area (Å²) >= 11 is 0. The second-order valence-electron chi connectivity index (χ2n) is 7.25. The summed E-state index contributed by atoms with van der Waals surface area (Å²) in [7, 11) is -3.44. The zero-order valence-electron chi connectivity index (χ0n) is 15.4. The van der Waals surface area contributed by atoms with Crippen LogP contribution in [0.25, 0.3) is 11.1 Å². The van der Waals surface area contributed by atoms with E-state index in [4.69, 9.17) is 4.74 Å². The Bertz CT molecular complexity index is 869. The van der Waals surface area contributed by atoms with Crippen LogP contribution in [-0.2, 0) is 21.3 Å². The average molecular weight is 387 g/mol. The molecule has 0 saturated carbocycles. The Kier molecular flexibility index (Phi) is 5.59. The number of ether oxygens (including phenoxy) is 1. The van der Waals surface area contributed by atoms with Gasteiger partial charge in [-0.3, -0.25) is 0 Å². The highest BCUT2D eigenvalue weighted by molar-refractivity contribution is 7.89. The molecule has 4 rings (SSSR count). The lowest BCUT2D eigenvalue weighted by Crippen LogP contribution is -2.28. The van der Waals surface area contributed by atoms with Gasteiger partial charge in [0, 0.05) is 37.8 Å². The van der Waals surface area contributed by atoms with E-state index >= 15 is 0 Å². The van der Waals surface area contributed by atoms with E-state index < -0.39 is 10.0 Å². The highest BCUT2D eigenvalue weighted by Gasteiger charge is 2.29. The van der Waals surface area contributed by atoms with Gasteiger partial charge in [0.1, 0.15) is 0 Å². The van der Waals surface area contributed by atoms with Crippen LogP contribution >= 0.6 is 0 Å². The first-order valence-electron chi connectivity index (χ1n) is 9.64. The number of nitrogens with zero attached hydrogens (tertiary/aromatic N) is 1. The van der Waals surface area contributed by atoms with Gasteiger partial charge in [-0.25, -0.2) is 8.42 Å². The Hall–Kier alpha value is -1.73. The Morgan fingerprint density at radius 2 is 1.78 bits per heavy atom. The molecule has 2 aliphatic rings. The Balaban J connectivity index is 1.55. The molecule has 0 aliphatic carbocycles. The molecule has 2 heterocycles. The van der Waals surface area contributed by atoms with E-state index in [0.29, 0.717) is 24.0 Å². The highest BCUT2D eigenvalue weighted by Crippen LogP contribution is 2.31. The average Bonchev–Trinajstić information content (AvgIpc) is 3.41. The van der Waals surface area contributed by atoms with E-state index in [9.17, 15) is 8.42 Å². The van der Waals surface area contributed by atoms with E-state index in [1.165, 1.54) is 5.56 Å². The number of rotatable bonds is 6. The van der Waals surface area contributed by atoms with Crippen LogP contribution in [0.1, 0.15) is 24.8 Å². The molecule has 0 spiro atoms. The number of sulfonamides is 1. The molecule has 1 atom stereocenters. The molecule has 2 aliphatic heterocycles. The molecule has 0 aromatic heterocycles. The van der Waals surface area contributed by atoms with Gasteiger partial charge in [0.15, 0.2) is 0 Å². The van der Waals surface area contributed by atoms with Crippen molar-refractivity contribution in [1.82, 2.24) is 9.62 Å². The smallest absolute Gasteiger partial charge is 0.243 e. The molecule has 2 fully saturated rings. The fourth-order valence-electron chi connectivity index (χ4n) is 3.76. The van der Waals surface area contributed by atoms with E-state index in [1.807, 2.05) is 24.3 Å². The maximum atomic E-state index is 13.0. The van der Waals surface area contributed by atoms with Crippen molar-refractivity contribution in [1.29, 1.82) is 0 Å². The van der Waals surface area contributed by atoms with Gasteiger partial charge in [0.05, 0.1) is 11.5 Å². The van der Waals surface area contributed by atoms with Crippen molar-refractivity contribution in [2.75, 3.05) is 26.3 Å². The van der Waals surface area contributed by atoms with Gasteiger partial charge < -0.3 is 10.1 Å². The third kappa shape index (κ3) is 4.09. The molecular formula is C21H26N2O3S. The predicted octanol–water partition coefficient (Wildman–Crippen LogP) is 3.02. The molecule has 2 saturated heterocycles. The maximum absolute atomic E-state index is 13.0. The van der Waals surface area contributed by atoms with Gasteiger partial charge in [-0.1, -0.05) is 42.5 Å². The van der Waals surface area contributed by atoms with Gasteiger partial charge in [0.2, 0.25) is 10.0 Å². The second-order valence-corrected chi connectivity index (χ2v) is 9.15. The predicted molar refractivity (Wildman–Crippen MR) is 106 cm³/mol. The van der Waals surface area contributed by atoms with Crippen LogP contribution < -0.4 is 5.32 Å². The van der Waals surface area contributed by atoms with Gasteiger partial charge in [-0.15, -0.1) is 0 Å². The zero-order valence-corrected chi connectivity index (χ0v) is 16.2. The van der Waals surface area contributed by atoms with Crippen LogP contribution in [0, 0.1) is 0 Å². The summed E-state index contributed by atoms with van der Waals surface area (Å²) in [5, 5.41) is 3.50. The molecule has 2 aromatic carbocycles. The number of hydrogen-bond donors (Lipinski definition) is 1. The monoisotopic (exact) mass is 386 g/mol. The summed E-state index contributed by atoms with van der Waals surface area (Å²) in [4.78, 5) is 0.404. The van der Waals surface area contributed by atoms with Crippen LogP contribution in [0.15, 0.2) is 53.4 Å². The fourth-order valence-corrected chi connectivity index (χ4v) is 5.49. The lowest BCUT2D eigenvalue weighted by molar-refractivity contribution is 0.190. The van der Waals surface area contributed by atoms with Gasteiger partial charge in [-0.05, 0) is 36.5 Å². The Morgan fingerprint density at radius 3 is 2.48 bits per heavy atom. The minimum atomic E-state index is -3.44. The second kappa shape index (κ2) is 8.10. The van der Waals surface area contributed by atoms with Crippen molar-refractivity contribution in [3.05, 3.63) is 54.1 Å². The summed E-state index contributed by atoms with van der Waals surface area (Å²) < 4.78 is 33.1.